The van der Waals surface area contributed by atoms with Crippen LogP contribution in [0.15, 0.2) is 0 Å². The first-order valence-corrected chi connectivity index (χ1v) is 4.72. The maximum absolute atomic E-state index is 11.4. The van der Waals surface area contributed by atoms with Gasteiger partial charge in [0.15, 0.2) is 0 Å². The van der Waals surface area contributed by atoms with Crippen LogP contribution in [0.2, 0.25) is 0 Å². The smallest absolute Gasteiger partial charge is 0.310 e. The zero-order valence-corrected chi connectivity index (χ0v) is 7.29. The van der Waals surface area contributed by atoms with Crippen LogP contribution in [0, 0.1) is 23.7 Å². The van der Waals surface area contributed by atoms with Crippen molar-refractivity contribution in [1.29, 1.82) is 0 Å². The molecule has 0 radical (unpaired) electrons. The van der Waals surface area contributed by atoms with E-state index in [4.69, 9.17) is 9.84 Å². The number of esters is 1. The van der Waals surface area contributed by atoms with Crippen molar-refractivity contribution in [3.63, 3.8) is 0 Å². The molecule has 14 heavy (non-hydrogen) atoms. The fraction of sp³-hybridized carbons (Fsp3) is 0.778. The van der Waals surface area contributed by atoms with E-state index in [0.717, 1.165) is 0 Å². The number of hydrogen-bond acceptors (Lipinski definition) is 4. The number of carboxylic acid groups (broad SMARTS) is 1. The monoisotopic (exact) mass is 198 g/mol. The van der Waals surface area contributed by atoms with Gasteiger partial charge in [-0.3, -0.25) is 9.59 Å². The van der Waals surface area contributed by atoms with Crippen LogP contribution in [0.25, 0.3) is 0 Å². The standard InChI is InChI=1S/C9H10O5/c10-6-2-1-3-5(4(2)8(11)12)9(13)14-7(3)6/h2-7,10H,1H2,(H,11,12)/t2-,3+,4-,5-,6+,7-/m1/s1. The molecule has 0 aromatic heterocycles. The van der Waals surface area contributed by atoms with Gasteiger partial charge in [-0.15, -0.1) is 0 Å². The molecule has 2 N–H and O–H groups in total. The van der Waals surface area contributed by atoms with Gasteiger partial charge in [0, 0.05) is 11.8 Å². The lowest BCUT2D eigenvalue weighted by Gasteiger charge is -2.25. The summed E-state index contributed by atoms with van der Waals surface area (Å²) in [5.41, 5.74) is 0. The Bertz CT molecular complexity index is 325. The Morgan fingerprint density at radius 3 is 2.79 bits per heavy atom. The lowest BCUT2D eigenvalue weighted by molar-refractivity contribution is -0.151. The van der Waals surface area contributed by atoms with Gasteiger partial charge in [-0.05, 0) is 6.42 Å². The number of aliphatic hydroxyl groups excluding tert-OH is 1. The van der Waals surface area contributed by atoms with Crippen molar-refractivity contribution in [3.8, 4) is 0 Å². The summed E-state index contributed by atoms with van der Waals surface area (Å²) >= 11 is 0. The molecule has 76 valence electrons. The molecule has 0 spiro atoms. The molecular formula is C9H10O5. The zero-order chi connectivity index (χ0) is 10.0. The SMILES string of the molecule is O=C1O[C@H]2[C@@H](O)[C@@H]3C[C@H]2[C@@H]1[C@@H]3C(=O)O. The quantitative estimate of drug-likeness (QED) is 0.541. The summed E-state index contributed by atoms with van der Waals surface area (Å²) in [4.78, 5) is 22.3. The average Bonchev–Trinajstić information content (AvgIpc) is 2.67. The minimum atomic E-state index is -0.987. The molecule has 1 saturated heterocycles. The molecule has 0 amide bonds. The first-order chi connectivity index (χ1) is 6.61. The number of hydrogen-bond donors (Lipinski definition) is 2. The van der Waals surface area contributed by atoms with Gasteiger partial charge in [-0.1, -0.05) is 0 Å². The van der Waals surface area contributed by atoms with E-state index in [1.54, 1.807) is 0 Å². The molecule has 1 aliphatic heterocycles. The predicted molar refractivity (Wildman–Crippen MR) is 42.1 cm³/mol. The summed E-state index contributed by atoms with van der Waals surface area (Å²) in [6.07, 6.45) is -0.601. The Labute approximate surface area is 79.7 Å². The second kappa shape index (κ2) is 2.28. The molecule has 2 saturated carbocycles. The normalized spacial score (nSPS) is 53.6. The largest absolute Gasteiger partial charge is 0.481 e. The molecule has 6 atom stereocenters. The second-order valence-corrected chi connectivity index (χ2v) is 4.35. The number of carboxylic acids is 1. The molecule has 5 heteroatoms. The fourth-order valence-corrected chi connectivity index (χ4v) is 3.36. The third-order valence-corrected chi connectivity index (χ3v) is 3.86. The first-order valence-electron chi connectivity index (χ1n) is 4.72. The van der Waals surface area contributed by atoms with E-state index in [9.17, 15) is 14.7 Å². The van der Waals surface area contributed by atoms with Crippen molar-refractivity contribution >= 4 is 11.9 Å². The van der Waals surface area contributed by atoms with Gasteiger partial charge >= 0.3 is 11.9 Å². The number of carbonyl (C=O) groups is 2. The molecule has 0 aromatic carbocycles. The number of aliphatic hydroxyl groups is 1. The molecule has 0 aromatic rings. The zero-order valence-electron chi connectivity index (χ0n) is 7.29. The molecular weight excluding hydrogens is 188 g/mol. The molecule has 2 aliphatic carbocycles. The van der Waals surface area contributed by atoms with Gasteiger partial charge in [-0.25, -0.2) is 0 Å². The summed E-state index contributed by atoms with van der Waals surface area (Å²) < 4.78 is 4.98. The van der Waals surface area contributed by atoms with Crippen LogP contribution in [0.5, 0.6) is 0 Å². The van der Waals surface area contributed by atoms with Crippen molar-refractivity contribution in [2.75, 3.05) is 0 Å². The maximum Gasteiger partial charge on any atom is 0.310 e. The summed E-state index contributed by atoms with van der Waals surface area (Å²) in [6, 6.07) is 0. The Balaban J connectivity index is 2.04. The Morgan fingerprint density at radius 1 is 1.43 bits per heavy atom. The van der Waals surface area contributed by atoms with E-state index in [1.165, 1.54) is 0 Å². The van der Waals surface area contributed by atoms with Gasteiger partial charge in [0.25, 0.3) is 0 Å². The van der Waals surface area contributed by atoms with E-state index in [1.807, 2.05) is 0 Å². The van der Waals surface area contributed by atoms with Gasteiger partial charge in [0.05, 0.1) is 17.9 Å². The molecule has 2 bridgehead atoms. The minimum Gasteiger partial charge on any atom is -0.481 e. The van der Waals surface area contributed by atoms with Crippen LogP contribution >= 0.6 is 0 Å². The maximum atomic E-state index is 11.4. The highest BCUT2D eigenvalue weighted by atomic mass is 16.6. The van der Waals surface area contributed by atoms with Crippen LogP contribution in [0.4, 0.5) is 0 Å². The Kier molecular flexibility index (Phi) is 1.34. The van der Waals surface area contributed by atoms with E-state index in [0.29, 0.717) is 6.42 Å². The second-order valence-electron chi connectivity index (χ2n) is 4.35. The topological polar surface area (TPSA) is 83.8 Å². The van der Waals surface area contributed by atoms with Crippen molar-refractivity contribution < 1.29 is 24.5 Å². The van der Waals surface area contributed by atoms with Gasteiger partial charge < -0.3 is 14.9 Å². The lowest BCUT2D eigenvalue weighted by atomic mass is 9.79. The minimum absolute atomic E-state index is 0.0661. The highest BCUT2D eigenvalue weighted by Gasteiger charge is 2.68. The molecule has 1 heterocycles. The highest BCUT2D eigenvalue weighted by molar-refractivity contribution is 5.85. The summed E-state index contributed by atoms with van der Waals surface area (Å²) in [7, 11) is 0. The highest BCUT2D eigenvalue weighted by Crippen LogP contribution is 2.57. The Hall–Kier alpha value is -1.10. The summed E-state index contributed by atoms with van der Waals surface area (Å²) in [5.74, 6) is -3.03. The predicted octanol–water partition coefficient (Wildman–Crippen LogP) is -0.761. The first kappa shape index (κ1) is 8.23. The van der Waals surface area contributed by atoms with E-state index in [2.05, 4.69) is 0 Å². The summed E-state index contributed by atoms with van der Waals surface area (Å²) in [6.45, 7) is 0. The van der Waals surface area contributed by atoms with E-state index >= 15 is 0 Å². The number of ether oxygens (including phenoxy) is 1. The van der Waals surface area contributed by atoms with Crippen molar-refractivity contribution in [2.24, 2.45) is 23.7 Å². The molecule has 3 aliphatic rings. The van der Waals surface area contributed by atoms with Crippen LogP contribution in [0.1, 0.15) is 6.42 Å². The lowest BCUT2D eigenvalue weighted by Crippen LogP contribution is -2.40. The van der Waals surface area contributed by atoms with Crippen LogP contribution in [-0.2, 0) is 14.3 Å². The van der Waals surface area contributed by atoms with Crippen LogP contribution < -0.4 is 0 Å². The average molecular weight is 198 g/mol. The van der Waals surface area contributed by atoms with Gasteiger partial charge in [0.2, 0.25) is 0 Å². The summed E-state index contributed by atoms with van der Waals surface area (Å²) in [5, 5.41) is 18.7. The van der Waals surface area contributed by atoms with E-state index < -0.39 is 36.0 Å². The van der Waals surface area contributed by atoms with Crippen molar-refractivity contribution in [1.82, 2.24) is 0 Å². The van der Waals surface area contributed by atoms with Crippen LogP contribution in [-0.4, -0.2) is 34.4 Å². The van der Waals surface area contributed by atoms with Crippen molar-refractivity contribution in [3.05, 3.63) is 0 Å². The molecule has 5 nitrogen and oxygen atoms in total. The number of fused-ring (bicyclic) bond motifs is 1. The molecule has 3 rings (SSSR count). The Morgan fingerprint density at radius 2 is 2.14 bits per heavy atom. The number of rotatable bonds is 1. The van der Waals surface area contributed by atoms with Crippen LogP contribution in [0.3, 0.4) is 0 Å². The van der Waals surface area contributed by atoms with Gasteiger partial charge in [0.1, 0.15) is 6.10 Å². The fourth-order valence-electron chi connectivity index (χ4n) is 3.36. The van der Waals surface area contributed by atoms with Crippen molar-refractivity contribution in [2.45, 2.75) is 18.6 Å². The molecule has 3 fully saturated rings. The number of carbonyl (C=O) groups excluding carboxylic acids is 1. The van der Waals surface area contributed by atoms with E-state index in [-0.39, 0.29) is 11.8 Å². The third kappa shape index (κ3) is 0.706. The number of aliphatic carboxylic acids is 1. The molecule has 0 unspecified atom stereocenters. The van der Waals surface area contributed by atoms with Gasteiger partial charge in [-0.2, -0.15) is 0 Å². The third-order valence-electron chi connectivity index (χ3n) is 3.86.